The van der Waals surface area contributed by atoms with Crippen molar-refractivity contribution >= 4 is 33.9 Å². The van der Waals surface area contributed by atoms with Gasteiger partial charge in [-0.25, -0.2) is 4.79 Å². The van der Waals surface area contributed by atoms with E-state index in [1.807, 2.05) is 30.9 Å². The second-order valence-electron chi connectivity index (χ2n) is 12.7. The molecule has 1 aromatic heterocycles. The molecule has 222 valence electrons. The Kier molecular flexibility index (Phi) is 7.01. The molecule has 7 nitrogen and oxygen atoms in total. The highest BCUT2D eigenvalue weighted by molar-refractivity contribution is 6.10. The number of anilines is 3. The number of aryl methyl sites for hydroxylation is 2. The second kappa shape index (κ2) is 10.9. The van der Waals surface area contributed by atoms with Crippen LogP contribution in [0.1, 0.15) is 43.1 Å². The average Bonchev–Trinajstić information content (AvgIpc) is 3.42. The summed E-state index contributed by atoms with van der Waals surface area (Å²) >= 11 is 0. The lowest BCUT2D eigenvalue weighted by Gasteiger charge is -2.52. The first-order valence-corrected chi connectivity index (χ1v) is 15.6. The minimum Gasteiger partial charge on any atom is -0.495 e. The number of piperazine rings is 1. The van der Waals surface area contributed by atoms with Crippen LogP contribution in [0.5, 0.6) is 5.75 Å². The standard InChI is InChI=1S/C36H41N5O2/c1-24-19-27(20-25(2)37-24)28-9-7-11-30-29(28)10-8-12-31(30)38-35(42)41-16-13-26-21-34(43-4)33(22-32(26)41)39-17-18-40-15-6-5-14-36(40,3)23-39/h7-12,19-22H,5-6,13-18,23H2,1-4H3,(H,38,42). The quantitative estimate of drug-likeness (QED) is 0.279. The van der Waals surface area contributed by atoms with Crippen molar-refractivity contribution in [2.24, 2.45) is 0 Å². The number of piperidine rings is 1. The lowest BCUT2D eigenvalue weighted by Crippen LogP contribution is -2.62. The van der Waals surface area contributed by atoms with E-state index in [1.165, 1.54) is 25.8 Å². The van der Waals surface area contributed by atoms with E-state index in [2.05, 4.69) is 75.6 Å². The Morgan fingerprint density at radius 2 is 1.70 bits per heavy atom. The molecule has 0 spiro atoms. The van der Waals surface area contributed by atoms with Crippen LogP contribution in [0, 0.1) is 13.8 Å². The van der Waals surface area contributed by atoms with Gasteiger partial charge in [0.25, 0.3) is 0 Å². The molecule has 3 aliphatic rings. The van der Waals surface area contributed by atoms with Gasteiger partial charge in [-0.2, -0.15) is 0 Å². The lowest BCUT2D eigenvalue weighted by molar-refractivity contribution is 0.0502. The summed E-state index contributed by atoms with van der Waals surface area (Å²) in [7, 11) is 1.76. The summed E-state index contributed by atoms with van der Waals surface area (Å²) in [5, 5.41) is 5.39. The number of ether oxygens (including phenoxy) is 1. The number of urea groups is 1. The third kappa shape index (κ3) is 4.99. The Morgan fingerprint density at radius 3 is 2.51 bits per heavy atom. The minimum atomic E-state index is -0.104. The maximum atomic E-state index is 13.9. The van der Waals surface area contributed by atoms with Crippen molar-refractivity contribution in [3.63, 3.8) is 0 Å². The average molecular weight is 576 g/mol. The zero-order chi connectivity index (χ0) is 29.7. The van der Waals surface area contributed by atoms with E-state index < -0.39 is 0 Å². The fraction of sp³-hybridized carbons (Fsp3) is 0.389. The summed E-state index contributed by atoms with van der Waals surface area (Å²) in [6, 6.07) is 20.9. The maximum absolute atomic E-state index is 13.9. The third-order valence-electron chi connectivity index (χ3n) is 9.75. The van der Waals surface area contributed by atoms with Crippen molar-refractivity contribution < 1.29 is 9.53 Å². The van der Waals surface area contributed by atoms with Crippen molar-refractivity contribution in [2.75, 3.05) is 55.0 Å². The van der Waals surface area contributed by atoms with Crippen LogP contribution in [-0.2, 0) is 6.42 Å². The molecule has 43 heavy (non-hydrogen) atoms. The number of benzene rings is 3. The Morgan fingerprint density at radius 1 is 0.907 bits per heavy atom. The predicted octanol–water partition coefficient (Wildman–Crippen LogP) is 7.19. The molecule has 2 fully saturated rings. The second-order valence-corrected chi connectivity index (χ2v) is 12.7. The van der Waals surface area contributed by atoms with Crippen LogP contribution >= 0.6 is 0 Å². The first kappa shape index (κ1) is 27.7. The van der Waals surface area contributed by atoms with Crippen LogP contribution in [0.3, 0.4) is 0 Å². The molecule has 0 bridgehead atoms. The monoisotopic (exact) mass is 575 g/mol. The molecule has 7 heteroatoms. The largest absolute Gasteiger partial charge is 0.495 e. The van der Waals surface area contributed by atoms with Crippen LogP contribution in [0.2, 0.25) is 0 Å². The van der Waals surface area contributed by atoms with Crippen LogP contribution < -0.4 is 19.9 Å². The smallest absolute Gasteiger partial charge is 0.326 e. The fourth-order valence-electron chi connectivity index (χ4n) is 7.60. The highest BCUT2D eigenvalue weighted by atomic mass is 16.5. The molecule has 7 rings (SSSR count). The molecular formula is C36H41N5O2. The molecule has 0 saturated carbocycles. The van der Waals surface area contributed by atoms with Crippen LogP contribution in [0.25, 0.3) is 21.9 Å². The molecule has 3 aliphatic heterocycles. The van der Waals surface area contributed by atoms with Crippen LogP contribution in [0.4, 0.5) is 21.9 Å². The van der Waals surface area contributed by atoms with E-state index in [-0.39, 0.29) is 11.6 Å². The highest BCUT2D eigenvalue weighted by Crippen LogP contribution is 2.42. The number of hydrogen-bond donors (Lipinski definition) is 1. The van der Waals surface area contributed by atoms with Crippen molar-refractivity contribution in [3.8, 4) is 16.9 Å². The van der Waals surface area contributed by atoms with Gasteiger partial charge in [0.15, 0.2) is 0 Å². The number of fused-ring (bicyclic) bond motifs is 3. The molecule has 2 amide bonds. The Hall–Kier alpha value is -4.10. The summed E-state index contributed by atoms with van der Waals surface area (Å²) in [4.78, 5) is 25.5. The topological polar surface area (TPSA) is 60.9 Å². The van der Waals surface area contributed by atoms with Gasteiger partial charge in [0.1, 0.15) is 5.75 Å². The fourth-order valence-corrected chi connectivity index (χ4v) is 7.60. The van der Waals surface area contributed by atoms with Gasteiger partial charge in [0.05, 0.1) is 24.2 Å². The first-order chi connectivity index (χ1) is 20.8. The SMILES string of the molecule is COc1cc2c(cc1N1CCN3CCCCC3(C)C1)N(C(=O)Nc1cccc3c(-c4cc(C)nc(C)c4)cccc13)CC2. The van der Waals surface area contributed by atoms with Gasteiger partial charge in [-0.1, -0.05) is 36.8 Å². The zero-order valence-electron chi connectivity index (χ0n) is 25.7. The van der Waals surface area contributed by atoms with E-state index in [9.17, 15) is 4.79 Å². The van der Waals surface area contributed by atoms with E-state index in [1.54, 1.807) is 7.11 Å². The summed E-state index contributed by atoms with van der Waals surface area (Å²) in [5.41, 5.74) is 8.48. The van der Waals surface area contributed by atoms with E-state index in [0.29, 0.717) is 6.54 Å². The lowest BCUT2D eigenvalue weighted by atomic mass is 9.86. The number of rotatable bonds is 4. The molecule has 1 unspecified atom stereocenters. The van der Waals surface area contributed by atoms with Gasteiger partial charge in [0, 0.05) is 48.5 Å². The number of carbonyl (C=O) groups excluding carboxylic acids is 1. The van der Waals surface area contributed by atoms with Gasteiger partial charge >= 0.3 is 6.03 Å². The van der Waals surface area contributed by atoms with Crippen molar-refractivity contribution in [3.05, 3.63) is 77.6 Å². The first-order valence-electron chi connectivity index (χ1n) is 15.6. The summed E-state index contributed by atoms with van der Waals surface area (Å²) < 4.78 is 5.92. The number of hydrogen-bond acceptors (Lipinski definition) is 5. The summed E-state index contributed by atoms with van der Waals surface area (Å²) in [6.07, 6.45) is 4.61. The number of carbonyl (C=O) groups is 1. The molecule has 4 heterocycles. The van der Waals surface area contributed by atoms with E-state index >= 15 is 0 Å². The van der Waals surface area contributed by atoms with Gasteiger partial charge in [-0.15, -0.1) is 0 Å². The molecule has 4 aromatic rings. The number of pyridine rings is 1. The zero-order valence-corrected chi connectivity index (χ0v) is 25.7. The van der Waals surface area contributed by atoms with Crippen molar-refractivity contribution in [1.82, 2.24) is 9.88 Å². The number of nitrogens with zero attached hydrogens (tertiary/aromatic N) is 4. The van der Waals surface area contributed by atoms with Crippen molar-refractivity contribution in [2.45, 2.75) is 52.0 Å². The molecule has 1 N–H and O–H groups in total. The molecule has 3 aromatic carbocycles. The van der Waals surface area contributed by atoms with Gasteiger partial charge in [0.2, 0.25) is 0 Å². The van der Waals surface area contributed by atoms with Crippen LogP contribution in [-0.4, -0.2) is 61.3 Å². The molecule has 2 saturated heterocycles. The summed E-state index contributed by atoms with van der Waals surface area (Å²) in [6.45, 7) is 11.3. The Balaban J connectivity index is 1.18. The number of nitrogens with one attached hydrogen (secondary N) is 1. The van der Waals surface area contributed by atoms with Crippen molar-refractivity contribution in [1.29, 1.82) is 0 Å². The molecule has 0 aliphatic carbocycles. The number of amides is 2. The van der Waals surface area contributed by atoms with Gasteiger partial charge < -0.3 is 15.0 Å². The summed E-state index contributed by atoms with van der Waals surface area (Å²) in [5.74, 6) is 0.900. The number of methoxy groups -OCH3 is 1. The Labute approximate surface area is 254 Å². The van der Waals surface area contributed by atoms with Gasteiger partial charge in [-0.3, -0.25) is 14.8 Å². The third-order valence-corrected chi connectivity index (χ3v) is 9.75. The Bertz CT molecular complexity index is 1700. The van der Waals surface area contributed by atoms with E-state index in [0.717, 1.165) is 87.7 Å². The molecule has 0 radical (unpaired) electrons. The van der Waals surface area contributed by atoms with E-state index in [4.69, 9.17) is 4.74 Å². The maximum Gasteiger partial charge on any atom is 0.326 e. The highest BCUT2D eigenvalue weighted by Gasteiger charge is 2.40. The molecule has 1 atom stereocenters. The number of aromatic nitrogens is 1. The predicted molar refractivity (Wildman–Crippen MR) is 176 cm³/mol. The van der Waals surface area contributed by atoms with Gasteiger partial charge in [-0.05, 0) is 99.0 Å². The van der Waals surface area contributed by atoms with Crippen LogP contribution in [0.15, 0.2) is 60.7 Å². The molecular weight excluding hydrogens is 534 g/mol. The normalized spacial score (nSPS) is 20.2. The minimum absolute atomic E-state index is 0.104.